The van der Waals surface area contributed by atoms with Gasteiger partial charge in [0.05, 0.1) is 7.11 Å². The van der Waals surface area contributed by atoms with E-state index in [1.165, 1.54) is 13.2 Å². The van der Waals surface area contributed by atoms with Gasteiger partial charge in [-0.2, -0.15) is 8.42 Å². The van der Waals surface area contributed by atoms with E-state index in [0.717, 1.165) is 0 Å². The second-order valence-electron chi connectivity index (χ2n) is 2.82. The molecule has 0 bridgehead atoms. The summed E-state index contributed by atoms with van der Waals surface area (Å²) in [4.78, 5) is 0.0613. The lowest BCUT2D eigenvalue weighted by molar-refractivity contribution is 0.415. The van der Waals surface area contributed by atoms with Gasteiger partial charge in [-0.05, 0) is 23.7 Å². The molecule has 1 aromatic rings. The molecule has 0 unspecified atom stereocenters. The molecule has 0 amide bonds. The fraction of sp³-hybridized carbons (Fsp3) is 0.125. The monoisotopic (exact) mass is 246 g/mol. The Hall–Kier alpha value is -1.27. The lowest BCUT2D eigenvalue weighted by atomic mass is 10.3. The van der Waals surface area contributed by atoms with E-state index in [9.17, 15) is 8.42 Å². The largest absolute Gasteiger partial charge is 0.495 e. The van der Waals surface area contributed by atoms with Gasteiger partial charge >= 0.3 is 0 Å². The molecule has 7 heteroatoms. The van der Waals surface area contributed by atoms with E-state index >= 15 is 0 Å². The third-order valence-corrected chi connectivity index (χ3v) is 3.51. The number of sulfonamides is 1. The maximum absolute atomic E-state index is 11.6. The van der Waals surface area contributed by atoms with Crippen LogP contribution in [0.3, 0.4) is 0 Å². The van der Waals surface area contributed by atoms with Gasteiger partial charge in [0, 0.05) is 0 Å². The molecule has 1 heterocycles. The van der Waals surface area contributed by atoms with Gasteiger partial charge < -0.3 is 10.1 Å². The first-order valence-corrected chi connectivity index (χ1v) is 5.81. The van der Waals surface area contributed by atoms with Crippen molar-refractivity contribution in [2.24, 2.45) is 4.40 Å². The van der Waals surface area contributed by atoms with Crippen LogP contribution in [0.2, 0.25) is 0 Å². The van der Waals surface area contributed by atoms with Crippen molar-refractivity contribution in [2.75, 3.05) is 12.4 Å². The van der Waals surface area contributed by atoms with Crippen LogP contribution in [-0.2, 0) is 10.0 Å². The minimum atomic E-state index is -3.71. The first-order valence-electron chi connectivity index (χ1n) is 3.99. The lowest BCUT2D eigenvalue weighted by Crippen LogP contribution is -2.17. The van der Waals surface area contributed by atoms with Crippen molar-refractivity contribution >= 4 is 32.6 Å². The number of nitrogens with one attached hydrogen (secondary N) is 1. The number of halogens is 1. The van der Waals surface area contributed by atoms with E-state index in [4.69, 9.17) is 16.3 Å². The van der Waals surface area contributed by atoms with Crippen molar-refractivity contribution in [3.05, 3.63) is 18.2 Å². The molecular weight excluding hydrogens is 240 g/mol. The van der Waals surface area contributed by atoms with Crippen molar-refractivity contribution < 1.29 is 13.2 Å². The number of hydrogen-bond donors (Lipinski definition) is 1. The molecule has 1 aliphatic rings. The summed E-state index contributed by atoms with van der Waals surface area (Å²) in [6.45, 7) is 0. The van der Waals surface area contributed by atoms with Gasteiger partial charge in [0.15, 0.2) is 0 Å². The molecule has 0 aromatic heterocycles. The quantitative estimate of drug-likeness (QED) is 0.761. The average Bonchev–Trinajstić information content (AvgIpc) is 2.15. The second kappa shape index (κ2) is 3.39. The highest BCUT2D eigenvalue weighted by Crippen LogP contribution is 2.35. The molecule has 0 aliphatic carbocycles. The number of methoxy groups -OCH3 is 1. The van der Waals surface area contributed by atoms with Crippen LogP contribution in [0, 0.1) is 0 Å². The number of rotatable bonds is 1. The van der Waals surface area contributed by atoms with Gasteiger partial charge in [0.1, 0.15) is 16.3 Å². The minimum absolute atomic E-state index is 0.0613. The average molecular weight is 247 g/mol. The molecule has 1 aromatic carbocycles. The van der Waals surface area contributed by atoms with E-state index in [2.05, 4.69) is 9.71 Å². The molecule has 0 saturated carbocycles. The number of fused-ring (bicyclic) bond motifs is 1. The van der Waals surface area contributed by atoms with Gasteiger partial charge in [-0.25, -0.2) is 0 Å². The van der Waals surface area contributed by atoms with Crippen LogP contribution in [0.15, 0.2) is 27.5 Å². The van der Waals surface area contributed by atoms with Crippen molar-refractivity contribution in [3.8, 4) is 5.75 Å². The van der Waals surface area contributed by atoms with Crippen molar-refractivity contribution in [2.45, 2.75) is 4.90 Å². The molecule has 0 saturated heterocycles. The Bertz CT molecular complexity index is 539. The number of anilines is 1. The Morgan fingerprint density at radius 2 is 2.20 bits per heavy atom. The number of ether oxygens (including phenoxy) is 1. The van der Waals surface area contributed by atoms with Crippen LogP contribution >= 0.6 is 11.6 Å². The zero-order chi connectivity index (χ0) is 11.1. The normalized spacial score (nSPS) is 17.3. The fourth-order valence-corrected chi connectivity index (χ4v) is 2.68. The summed E-state index contributed by atoms with van der Waals surface area (Å²) in [5.41, 5.74) is 0.319. The summed E-state index contributed by atoms with van der Waals surface area (Å²) in [7, 11) is -2.26. The predicted octanol–water partition coefficient (Wildman–Crippen LogP) is 1.40. The van der Waals surface area contributed by atoms with Gasteiger partial charge in [0.2, 0.25) is 5.29 Å². The molecule has 2 rings (SSSR count). The Balaban J connectivity index is 2.73. The van der Waals surface area contributed by atoms with Gasteiger partial charge in [-0.1, -0.05) is 6.07 Å². The molecule has 0 radical (unpaired) electrons. The maximum atomic E-state index is 11.6. The molecule has 0 fully saturated rings. The second-order valence-corrected chi connectivity index (χ2v) is 4.75. The van der Waals surface area contributed by atoms with E-state index in [1.54, 1.807) is 12.1 Å². The van der Waals surface area contributed by atoms with Crippen molar-refractivity contribution in [3.63, 3.8) is 0 Å². The predicted molar refractivity (Wildman–Crippen MR) is 57.1 cm³/mol. The molecule has 1 aliphatic heterocycles. The summed E-state index contributed by atoms with van der Waals surface area (Å²) in [5.74, 6) is 0.407. The van der Waals surface area contributed by atoms with Crippen LogP contribution in [0.5, 0.6) is 5.75 Å². The minimum Gasteiger partial charge on any atom is -0.495 e. The highest BCUT2D eigenvalue weighted by atomic mass is 35.5. The van der Waals surface area contributed by atoms with Gasteiger partial charge in [-0.3, -0.25) is 0 Å². The van der Waals surface area contributed by atoms with E-state index in [1.807, 2.05) is 0 Å². The first-order chi connectivity index (χ1) is 7.04. The third-order valence-electron chi connectivity index (χ3n) is 1.91. The highest BCUT2D eigenvalue weighted by molar-refractivity contribution is 7.90. The van der Waals surface area contributed by atoms with Crippen LogP contribution in [-0.4, -0.2) is 20.8 Å². The molecule has 5 nitrogen and oxygen atoms in total. The molecule has 15 heavy (non-hydrogen) atoms. The molecule has 0 spiro atoms. The molecular formula is C8H7ClN2O3S. The Morgan fingerprint density at radius 3 is 2.87 bits per heavy atom. The van der Waals surface area contributed by atoms with Crippen molar-refractivity contribution in [1.82, 2.24) is 0 Å². The van der Waals surface area contributed by atoms with Gasteiger partial charge in [-0.15, -0.1) is 4.40 Å². The maximum Gasteiger partial charge on any atom is 0.287 e. The van der Waals surface area contributed by atoms with Crippen molar-refractivity contribution in [1.29, 1.82) is 0 Å². The van der Waals surface area contributed by atoms with Crippen LogP contribution in [0.4, 0.5) is 5.69 Å². The molecule has 0 atom stereocenters. The van der Waals surface area contributed by atoms with E-state index in [0.29, 0.717) is 11.4 Å². The summed E-state index contributed by atoms with van der Waals surface area (Å²) in [5, 5.41) is 2.46. The topological polar surface area (TPSA) is 67.8 Å². The summed E-state index contributed by atoms with van der Waals surface area (Å²) < 4.78 is 31.5. The Morgan fingerprint density at radius 1 is 1.47 bits per heavy atom. The third kappa shape index (κ3) is 1.66. The number of para-hydroxylation sites is 1. The lowest BCUT2D eigenvalue weighted by Gasteiger charge is -2.16. The van der Waals surface area contributed by atoms with Gasteiger partial charge in [0.25, 0.3) is 10.0 Å². The fourth-order valence-electron chi connectivity index (χ4n) is 1.30. The van der Waals surface area contributed by atoms with Crippen LogP contribution < -0.4 is 10.1 Å². The number of nitrogens with zero attached hydrogens (tertiary/aromatic N) is 1. The molecule has 80 valence electrons. The number of amidine groups is 1. The summed E-state index contributed by atoms with van der Waals surface area (Å²) in [6, 6.07) is 4.65. The van der Waals surface area contributed by atoms with E-state index < -0.39 is 10.0 Å². The highest BCUT2D eigenvalue weighted by Gasteiger charge is 2.26. The van der Waals surface area contributed by atoms with E-state index in [-0.39, 0.29) is 10.2 Å². The summed E-state index contributed by atoms with van der Waals surface area (Å²) in [6.07, 6.45) is 0. The summed E-state index contributed by atoms with van der Waals surface area (Å²) >= 11 is 5.56. The zero-order valence-electron chi connectivity index (χ0n) is 7.69. The standard InChI is InChI=1S/C8H7ClN2O3S/c1-14-5-3-2-4-6-7(5)10-8(9)11-15(6,12)13/h2-4H,1H3,(H,10,11). The Labute approximate surface area is 91.8 Å². The molecule has 1 N–H and O–H groups in total. The number of benzene rings is 1. The van der Waals surface area contributed by atoms with Crippen LogP contribution in [0.25, 0.3) is 0 Å². The zero-order valence-corrected chi connectivity index (χ0v) is 9.26. The smallest absolute Gasteiger partial charge is 0.287 e. The first kappa shape index (κ1) is 10.3. The Kier molecular flexibility index (Phi) is 2.32. The number of hydrogen-bond acceptors (Lipinski definition) is 4. The van der Waals surface area contributed by atoms with Crippen LogP contribution in [0.1, 0.15) is 0 Å². The SMILES string of the molecule is COc1cccc2c1NC(Cl)=NS2(=O)=O.